The van der Waals surface area contributed by atoms with Crippen LogP contribution in [0.15, 0.2) is 60.9 Å². The van der Waals surface area contributed by atoms with Gasteiger partial charge in [0, 0.05) is 5.92 Å². The van der Waals surface area contributed by atoms with Crippen molar-refractivity contribution < 1.29 is 4.79 Å². The van der Waals surface area contributed by atoms with Gasteiger partial charge in [-0.3, -0.25) is 9.69 Å². The normalized spacial score (nSPS) is 19.2. The van der Waals surface area contributed by atoms with Gasteiger partial charge >= 0.3 is 0 Å². The van der Waals surface area contributed by atoms with E-state index in [0.717, 1.165) is 12.0 Å². The summed E-state index contributed by atoms with van der Waals surface area (Å²) in [6, 6.07) is 18.7. The molecule has 4 rings (SSSR count). The highest BCUT2D eigenvalue weighted by molar-refractivity contribution is 5.94. The number of hydrogen-bond donors (Lipinski definition) is 0. The van der Waals surface area contributed by atoms with Crippen molar-refractivity contribution in [2.75, 3.05) is 4.90 Å². The lowest BCUT2D eigenvalue weighted by molar-refractivity contribution is -0.122. The second-order valence-corrected chi connectivity index (χ2v) is 7.46. The van der Waals surface area contributed by atoms with Crippen LogP contribution in [-0.4, -0.2) is 20.7 Å². The predicted molar refractivity (Wildman–Crippen MR) is 105 cm³/mol. The SMILES string of the molecule is Cc1ccc([C@@H]2C[C@@H](c3ccccc3)n3ncnc3N2C(=O)C(C)C)cc1. The zero-order chi connectivity index (χ0) is 19.0. The fourth-order valence-corrected chi connectivity index (χ4v) is 3.75. The third-order valence-electron chi connectivity index (χ3n) is 5.20. The van der Waals surface area contributed by atoms with Gasteiger partial charge in [-0.05, 0) is 24.5 Å². The van der Waals surface area contributed by atoms with Crippen LogP contribution >= 0.6 is 0 Å². The van der Waals surface area contributed by atoms with Crippen molar-refractivity contribution in [3.8, 4) is 0 Å². The Morgan fingerprint density at radius 1 is 1.00 bits per heavy atom. The molecule has 27 heavy (non-hydrogen) atoms. The quantitative estimate of drug-likeness (QED) is 0.699. The molecule has 2 aromatic carbocycles. The highest BCUT2D eigenvalue weighted by atomic mass is 16.2. The van der Waals surface area contributed by atoms with Crippen molar-refractivity contribution in [3.63, 3.8) is 0 Å². The molecule has 0 bridgehead atoms. The maximum atomic E-state index is 13.1. The molecule has 138 valence electrons. The standard InChI is InChI=1S/C22H24N4O/c1-15(2)21(27)25-19(18-11-9-16(3)10-12-18)13-20(17-7-5-4-6-8-17)26-22(25)23-14-24-26/h4-12,14-15,19-20H,13H2,1-3H3/t19-,20-/m0/s1. The zero-order valence-corrected chi connectivity index (χ0v) is 15.9. The van der Waals surface area contributed by atoms with Crippen LogP contribution in [0.4, 0.5) is 5.95 Å². The minimum absolute atomic E-state index is 0.0474. The maximum Gasteiger partial charge on any atom is 0.232 e. The van der Waals surface area contributed by atoms with Gasteiger partial charge in [-0.2, -0.15) is 10.1 Å². The van der Waals surface area contributed by atoms with Crippen molar-refractivity contribution in [3.05, 3.63) is 77.6 Å². The van der Waals surface area contributed by atoms with Crippen molar-refractivity contribution in [2.45, 2.75) is 39.3 Å². The van der Waals surface area contributed by atoms with Gasteiger partial charge in [0.1, 0.15) is 6.33 Å². The molecule has 0 unspecified atom stereocenters. The third-order valence-corrected chi connectivity index (χ3v) is 5.20. The number of amides is 1. The van der Waals surface area contributed by atoms with Crippen LogP contribution in [0.25, 0.3) is 0 Å². The van der Waals surface area contributed by atoms with Crippen molar-refractivity contribution in [1.29, 1.82) is 0 Å². The fraction of sp³-hybridized carbons (Fsp3) is 0.318. The van der Waals surface area contributed by atoms with Crippen molar-refractivity contribution in [2.24, 2.45) is 5.92 Å². The lowest BCUT2D eigenvalue weighted by Crippen LogP contribution is -2.44. The Morgan fingerprint density at radius 2 is 1.67 bits per heavy atom. The molecule has 0 saturated carbocycles. The molecule has 2 heterocycles. The van der Waals surface area contributed by atoms with Crippen LogP contribution in [0.5, 0.6) is 0 Å². The van der Waals surface area contributed by atoms with E-state index in [-0.39, 0.29) is 23.9 Å². The van der Waals surface area contributed by atoms with Crippen molar-refractivity contribution >= 4 is 11.9 Å². The Balaban J connectivity index is 1.85. The molecule has 2 atom stereocenters. The second-order valence-electron chi connectivity index (χ2n) is 7.46. The number of rotatable bonds is 3. The molecule has 3 aromatic rings. The summed E-state index contributed by atoms with van der Waals surface area (Å²) >= 11 is 0. The van der Waals surface area contributed by atoms with Gasteiger partial charge in [-0.1, -0.05) is 74.0 Å². The summed E-state index contributed by atoms with van der Waals surface area (Å²) in [4.78, 5) is 19.4. The van der Waals surface area contributed by atoms with Crippen LogP contribution in [-0.2, 0) is 4.79 Å². The van der Waals surface area contributed by atoms with E-state index in [1.807, 2.05) is 41.6 Å². The number of aryl methyl sites for hydroxylation is 1. The highest BCUT2D eigenvalue weighted by Crippen LogP contribution is 2.42. The highest BCUT2D eigenvalue weighted by Gasteiger charge is 2.39. The Hall–Kier alpha value is -2.95. The number of fused-ring (bicyclic) bond motifs is 1. The third kappa shape index (κ3) is 3.14. The van der Waals surface area contributed by atoms with E-state index < -0.39 is 0 Å². The summed E-state index contributed by atoms with van der Waals surface area (Å²) in [5.41, 5.74) is 3.52. The molecule has 1 aromatic heterocycles. The predicted octanol–water partition coefficient (Wildman–Crippen LogP) is 4.31. The first-order chi connectivity index (χ1) is 13.1. The number of aromatic nitrogens is 3. The number of benzene rings is 2. The van der Waals surface area contributed by atoms with E-state index in [4.69, 9.17) is 0 Å². The zero-order valence-electron chi connectivity index (χ0n) is 15.9. The van der Waals surface area contributed by atoms with Gasteiger partial charge in [-0.15, -0.1) is 0 Å². The molecule has 0 N–H and O–H groups in total. The lowest BCUT2D eigenvalue weighted by atomic mass is 9.91. The fourth-order valence-electron chi connectivity index (χ4n) is 3.75. The molecule has 5 heteroatoms. The first-order valence-corrected chi connectivity index (χ1v) is 9.40. The molecule has 0 radical (unpaired) electrons. The molecule has 1 aliphatic rings. The smallest absolute Gasteiger partial charge is 0.232 e. The number of carbonyl (C=O) groups is 1. The van der Waals surface area contributed by atoms with E-state index in [1.165, 1.54) is 11.1 Å². The molecular formula is C22H24N4O. The summed E-state index contributed by atoms with van der Waals surface area (Å²) < 4.78 is 1.89. The first kappa shape index (κ1) is 17.5. The van der Waals surface area contributed by atoms with Crippen LogP contribution < -0.4 is 4.90 Å². The largest absolute Gasteiger partial charge is 0.274 e. The van der Waals surface area contributed by atoms with Crippen LogP contribution in [0.1, 0.15) is 49.0 Å². The molecule has 1 aliphatic heterocycles. The summed E-state index contributed by atoms with van der Waals surface area (Å²) in [7, 11) is 0. The average molecular weight is 360 g/mol. The summed E-state index contributed by atoms with van der Waals surface area (Å²) in [5.74, 6) is 0.581. The first-order valence-electron chi connectivity index (χ1n) is 9.40. The Kier molecular flexibility index (Phi) is 4.52. The molecule has 0 aliphatic carbocycles. The van der Waals surface area contributed by atoms with E-state index in [1.54, 1.807) is 6.33 Å². The Labute approximate surface area is 159 Å². The molecule has 0 saturated heterocycles. The van der Waals surface area contributed by atoms with Gasteiger partial charge in [-0.25, -0.2) is 4.68 Å². The van der Waals surface area contributed by atoms with Gasteiger partial charge in [0.2, 0.25) is 11.9 Å². The van der Waals surface area contributed by atoms with Crippen LogP contribution in [0.3, 0.4) is 0 Å². The van der Waals surface area contributed by atoms with Gasteiger partial charge in [0.25, 0.3) is 0 Å². The minimum Gasteiger partial charge on any atom is -0.274 e. The number of anilines is 1. The van der Waals surface area contributed by atoms with Crippen LogP contribution in [0, 0.1) is 12.8 Å². The second kappa shape index (κ2) is 6.99. The number of hydrogen-bond acceptors (Lipinski definition) is 3. The maximum absolute atomic E-state index is 13.1. The van der Waals surface area contributed by atoms with Gasteiger partial charge in [0.05, 0.1) is 12.1 Å². The molecule has 0 spiro atoms. The van der Waals surface area contributed by atoms with Gasteiger partial charge < -0.3 is 0 Å². The van der Waals surface area contributed by atoms with Crippen LogP contribution in [0.2, 0.25) is 0 Å². The molecule has 5 nitrogen and oxygen atoms in total. The summed E-state index contributed by atoms with van der Waals surface area (Å²) in [6.07, 6.45) is 2.31. The summed E-state index contributed by atoms with van der Waals surface area (Å²) in [5, 5.41) is 4.46. The topological polar surface area (TPSA) is 51.0 Å². The van der Waals surface area contributed by atoms with E-state index in [0.29, 0.717) is 5.95 Å². The molecule has 0 fully saturated rings. The number of carbonyl (C=O) groups excluding carboxylic acids is 1. The van der Waals surface area contributed by atoms with E-state index in [9.17, 15) is 4.79 Å². The van der Waals surface area contributed by atoms with Gasteiger partial charge in [0.15, 0.2) is 0 Å². The minimum atomic E-state index is -0.114. The molecular weight excluding hydrogens is 336 g/mol. The molecule has 1 amide bonds. The van der Waals surface area contributed by atoms with E-state index in [2.05, 4.69) is 53.4 Å². The monoisotopic (exact) mass is 360 g/mol. The van der Waals surface area contributed by atoms with E-state index >= 15 is 0 Å². The number of nitrogens with zero attached hydrogens (tertiary/aromatic N) is 4. The Morgan fingerprint density at radius 3 is 2.33 bits per heavy atom. The lowest BCUT2D eigenvalue weighted by Gasteiger charge is -2.40. The van der Waals surface area contributed by atoms with Crippen molar-refractivity contribution in [1.82, 2.24) is 14.8 Å². The summed E-state index contributed by atoms with van der Waals surface area (Å²) in [6.45, 7) is 5.93. The average Bonchev–Trinajstić information content (AvgIpc) is 3.17. The Bertz CT molecular complexity index is 930.